The molecule has 1 aromatic carbocycles. The van der Waals surface area contributed by atoms with Crippen LogP contribution in [0.2, 0.25) is 0 Å². The summed E-state index contributed by atoms with van der Waals surface area (Å²) in [5.41, 5.74) is 0.872. The van der Waals surface area contributed by atoms with Crippen LogP contribution in [0, 0.1) is 5.41 Å². The highest BCUT2D eigenvalue weighted by molar-refractivity contribution is 5.83. The molecule has 8 nitrogen and oxygen atoms in total. The van der Waals surface area contributed by atoms with Crippen molar-refractivity contribution in [3.05, 3.63) is 51.6 Å². The summed E-state index contributed by atoms with van der Waals surface area (Å²) in [7, 11) is 0. The Labute approximate surface area is 169 Å². The maximum atomic E-state index is 12.5. The maximum Gasteiger partial charge on any atom is 0.261 e. The summed E-state index contributed by atoms with van der Waals surface area (Å²) in [6.45, 7) is 2.68. The molecule has 154 valence electrons. The summed E-state index contributed by atoms with van der Waals surface area (Å²) in [5.74, 6) is 1.77. The Morgan fingerprint density at radius 2 is 2.00 bits per heavy atom. The Kier molecular flexibility index (Phi) is 6.21. The number of aromatic amines is 1. The van der Waals surface area contributed by atoms with Crippen molar-refractivity contribution in [3.8, 4) is 5.75 Å². The van der Waals surface area contributed by atoms with Crippen LogP contribution >= 0.6 is 0 Å². The molecular weight excluding hydrogens is 372 g/mol. The second-order valence-corrected chi connectivity index (χ2v) is 7.34. The van der Waals surface area contributed by atoms with E-state index >= 15 is 0 Å². The van der Waals surface area contributed by atoms with E-state index in [1.165, 1.54) is 0 Å². The van der Waals surface area contributed by atoms with E-state index in [4.69, 9.17) is 19.6 Å². The lowest BCUT2D eigenvalue weighted by molar-refractivity contribution is 0.0904. The van der Waals surface area contributed by atoms with E-state index in [1.54, 1.807) is 0 Å². The summed E-state index contributed by atoms with van der Waals surface area (Å²) in [5, 5.41) is 10.9. The SMILES string of the molecule is N=Cc1c(NC2CCOCC2)nc(Cc2ccccc2O[C@@H]2CCOC2)[nH]c1=O. The molecule has 0 spiro atoms. The van der Waals surface area contributed by atoms with Gasteiger partial charge in [0.05, 0.1) is 18.8 Å². The van der Waals surface area contributed by atoms with Gasteiger partial charge in [0.1, 0.15) is 23.5 Å². The van der Waals surface area contributed by atoms with Crippen LogP contribution in [0.25, 0.3) is 0 Å². The third-order valence-electron chi connectivity index (χ3n) is 5.22. The fourth-order valence-corrected chi connectivity index (χ4v) is 3.62. The number of hydrogen-bond acceptors (Lipinski definition) is 7. The van der Waals surface area contributed by atoms with E-state index in [0.717, 1.165) is 36.8 Å². The standard InChI is InChI=1S/C21H26N4O4/c22-12-17-20(23-15-5-8-27-9-6-15)24-19(25-21(17)26)11-14-3-1-2-4-18(14)29-16-7-10-28-13-16/h1-4,12,15-16,22H,5-11,13H2,(H2,23,24,25,26)/t16-/m1/s1. The van der Waals surface area contributed by atoms with Crippen molar-refractivity contribution < 1.29 is 14.2 Å². The van der Waals surface area contributed by atoms with Crippen molar-refractivity contribution in [2.75, 3.05) is 31.7 Å². The predicted molar refractivity (Wildman–Crippen MR) is 109 cm³/mol. The normalized spacial score (nSPS) is 19.8. The Hall–Kier alpha value is -2.71. The van der Waals surface area contributed by atoms with Gasteiger partial charge in [0.2, 0.25) is 0 Å². The van der Waals surface area contributed by atoms with Crippen LogP contribution < -0.4 is 15.6 Å². The monoisotopic (exact) mass is 398 g/mol. The number of aromatic nitrogens is 2. The Morgan fingerprint density at radius 1 is 1.21 bits per heavy atom. The molecule has 1 atom stereocenters. The number of nitrogens with one attached hydrogen (secondary N) is 3. The van der Waals surface area contributed by atoms with Gasteiger partial charge >= 0.3 is 0 Å². The average molecular weight is 398 g/mol. The van der Waals surface area contributed by atoms with E-state index in [1.807, 2.05) is 24.3 Å². The number of hydrogen-bond donors (Lipinski definition) is 3. The van der Waals surface area contributed by atoms with E-state index in [-0.39, 0.29) is 23.3 Å². The van der Waals surface area contributed by atoms with Gasteiger partial charge in [-0.3, -0.25) is 4.79 Å². The van der Waals surface area contributed by atoms with Crippen LogP contribution in [0.4, 0.5) is 5.82 Å². The lowest BCUT2D eigenvalue weighted by Crippen LogP contribution is -2.30. The first-order valence-electron chi connectivity index (χ1n) is 10.0. The van der Waals surface area contributed by atoms with Crippen LogP contribution in [0.5, 0.6) is 5.75 Å². The van der Waals surface area contributed by atoms with Crippen LogP contribution in [0.15, 0.2) is 29.1 Å². The van der Waals surface area contributed by atoms with Crippen molar-refractivity contribution in [2.24, 2.45) is 0 Å². The number of benzene rings is 1. The van der Waals surface area contributed by atoms with E-state index in [0.29, 0.717) is 44.5 Å². The summed E-state index contributed by atoms with van der Waals surface area (Å²) in [6, 6.07) is 7.96. The largest absolute Gasteiger partial charge is 0.488 e. The summed E-state index contributed by atoms with van der Waals surface area (Å²) >= 11 is 0. The molecule has 1 aromatic heterocycles. The number of anilines is 1. The van der Waals surface area contributed by atoms with Crippen molar-refractivity contribution in [1.29, 1.82) is 5.41 Å². The molecule has 0 radical (unpaired) electrons. The molecule has 0 amide bonds. The minimum absolute atomic E-state index is 0.0502. The van der Waals surface area contributed by atoms with Gasteiger partial charge in [-0.05, 0) is 18.9 Å². The highest BCUT2D eigenvalue weighted by Crippen LogP contribution is 2.24. The van der Waals surface area contributed by atoms with Crippen LogP contribution in [0.3, 0.4) is 0 Å². The van der Waals surface area contributed by atoms with Crippen LogP contribution in [-0.2, 0) is 15.9 Å². The lowest BCUT2D eigenvalue weighted by Gasteiger charge is -2.24. The molecule has 8 heteroatoms. The van der Waals surface area contributed by atoms with Gasteiger partial charge in [0.25, 0.3) is 5.56 Å². The molecule has 0 bridgehead atoms. The van der Waals surface area contributed by atoms with Gasteiger partial charge in [-0.1, -0.05) is 18.2 Å². The van der Waals surface area contributed by atoms with Gasteiger partial charge in [0, 0.05) is 43.9 Å². The number of rotatable bonds is 7. The second-order valence-electron chi connectivity index (χ2n) is 7.34. The molecular formula is C21H26N4O4. The highest BCUT2D eigenvalue weighted by atomic mass is 16.5. The van der Waals surface area contributed by atoms with Gasteiger partial charge < -0.3 is 29.9 Å². The topological polar surface area (TPSA) is 109 Å². The molecule has 2 aliphatic heterocycles. The fourth-order valence-electron chi connectivity index (χ4n) is 3.62. The zero-order chi connectivity index (χ0) is 20.1. The maximum absolute atomic E-state index is 12.5. The first kappa shape index (κ1) is 19.6. The third-order valence-corrected chi connectivity index (χ3v) is 5.22. The summed E-state index contributed by atoms with van der Waals surface area (Å²) in [4.78, 5) is 20.0. The zero-order valence-corrected chi connectivity index (χ0v) is 16.3. The summed E-state index contributed by atoms with van der Waals surface area (Å²) in [6.07, 6.45) is 4.10. The molecule has 0 saturated carbocycles. The predicted octanol–water partition coefficient (Wildman–Crippen LogP) is 2.12. The number of para-hydroxylation sites is 1. The lowest BCUT2D eigenvalue weighted by atomic mass is 10.1. The van der Waals surface area contributed by atoms with Crippen LogP contribution in [-0.4, -0.2) is 54.8 Å². The molecule has 2 aromatic rings. The van der Waals surface area contributed by atoms with Crippen molar-refractivity contribution >= 4 is 12.0 Å². The van der Waals surface area contributed by atoms with Gasteiger partial charge in [-0.25, -0.2) is 4.98 Å². The molecule has 4 rings (SSSR count). The molecule has 3 N–H and O–H groups in total. The fraction of sp³-hybridized carbons (Fsp3) is 0.476. The van der Waals surface area contributed by atoms with Gasteiger partial charge in [-0.2, -0.15) is 0 Å². The quantitative estimate of drug-likeness (QED) is 0.617. The van der Waals surface area contributed by atoms with E-state index < -0.39 is 0 Å². The molecule has 0 unspecified atom stereocenters. The molecule has 2 fully saturated rings. The first-order valence-corrected chi connectivity index (χ1v) is 10.0. The number of nitrogens with zero attached hydrogens (tertiary/aromatic N) is 1. The molecule has 2 aliphatic rings. The number of ether oxygens (including phenoxy) is 3. The number of H-pyrrole nitrogens is 1. The minimum Gasteiger partial charge on any atom is -0.488 e. The van der Waals surface area contributed by atoms with Gasteiger partial charge in [-0.15, -0.1) is 0 Å². The van der Waals surface area contributed by atoms with Gasteiger partial charge in [0.15, 0.2) is 0 Å². The Bertz CT molecular complexity index is 902. The molecule has 0 aliphatic carbocycles. The van der Waals surface area contributed by atoms with Crippen LogP contribution in [0.1, 0.15) is 36.2 Å². The molecule has 2 saturated heterocycles. The zero-order valence-electron chi connectivity index (χ0n) is 16.3. The van der Waals surface area contributed by atoms with Crippen molar-refractivity contribution in [3.63, 3.8) is 0 Å². The van der Waals surface area contributed by atoms with Crippen molar-refractivity contribution in [2.45, 2.75) is 37.8 Å². The molecule has 3 heterocycles. The molecule has 29 heavy (non-hydrogen) atoms. The second kappa shape index (κ2) is 9.19. The van der Waals surface area contributed by atoms with Crippen molar-refractivity contribution in [1.82, 2.24) is 9.97 Å². The Balaban J connectivity index is 1.57. The van der Waals surface area contributed by atoms with E-state index in [2.05, 4.69) is 15.3 Å². The highest BCUT2D eigenvalue weighted by Gasteiger charge is 2.20. The summed E-state index contributed by atoms with van der Waals surface area (Å²) < 4.78 is 16.9. The Morgan fingerprint density at radius 3 is 2.76 bits per heavy atom. The van der Waals surface area contributed by atoms with E-state index in [9.17, 15) is 4.79 Å². The smallest absolute Gasteiger partial charge is 0.261 e. The first-order chi connectivity index (χ1) is 14.2. The third kappa shape index (κ3) is 4.83. The average Bonchev–Trinajstić information content (AvgIpc) is 3.23. The minimum atomic E-state index is -0.317.